The second-order valence-electron chi connectivity index (χ2n) is 4.62. The largest absolute Gasteiger partial charge is 0.496 e. The minimum absolute atomic E-state index is 0.127. The Labute approximate surface area is 131 Å². The van der Waals surface area contributed by atoms with E-state index in [1.165, 1.54) is 0 Å². The summed E-state index contributed by atoms with van der Waals surface area (Å²) >= 11 is 2.22. The third kappa shape index (κ3) is 2.40. The van der Waals surface area contributed by atoms with Crippen molar-refractivity contribution in [3.63, 3.8) is 0 Å². The van der Waals surface area contributed by atoms with Crippen LogP contribution in [0.3, 0.4) is 0 Å². The summed E-state index contributed by atoms with van der Waals surface area (Å²) in [4.78, 5) is 12.2. The highest BCUT2D eigenvalue weighted by Crippen LogP contribution is 2.36. The van der Waals surface area contributed by atoms with Crippen molar-refractivity contribution in [2.24, 2.45) is 0 Å². The van der Waals surface area contributed by atoms with Crippen molar-refractivity contribution in [1.29, 1.82) is 0 Å². The summed E-state index contributed by atoms with van der Waals surface area (Å²) in [6.07, 6.45) is 0.149. The number of methoxy groups -OCH3 is 1. The van der Waals surface area contributed by atoms with Crippen LogP contribution in [-0.2, 0) is 0 Å². The van der Waals surface area contributed by atoms with Crippen LogP contribution in [0.5, 0.6) is 11.5 Å². The van der Waals surface area contributed by atoms with Gasteiger partial charge in [0, 0.05) is 0 Å². The highest BCUT2D eigenvalue weighted by molar-refractivity contribution is 14.1. The maximum absolute atomic E-state index is 12.2. The third-order valence-electron chi connectivity index (χ3n) is 3.38. The lowest BCUT2D eigenvalue weighted by atomic mass is 9.96. The maximum atomic E-state index is 12.2. The zero-order chi connectivity index (χ0) is 14.1. The van der Waals surface area contributed by atoms with E-state index >= 15 is 0 Å². The molecule has 3 rings (SSSR count). The van der Waals surface area contributed by atoms with Gasteiger partial charge in [0.1, 0.15) is 17.6 Å². The van der Waals surface area contributed by atoms with E-state index in [-0.39, 0.29) is 11.9 Å². The summed E-state index contributed by atoms with van der Waals surface area (Å²) in [5.74, 6) is 1.62. The lowest BCUT2D eigenvalue weighted by molar-refractivity contribution is 0.0850. The quantitative estimate of drug-likeness (QED) is 0.739. The molecule has 1 unspecified atom stereocenters. The monoisotopic (exact) mass is 380 g/mol. The van der Waals surface area contributed by atoms with E-state index in [0.717, 1.165) is 14.9 Å². The minimum atomic E-state index is -0.225. The molecule has 4 heteroatoms. The van der Waals surface area contributed by atoms with Crippen LogP contribution in [0.25, 0.3) is 0 Å². The zero-order valence-electron chi connectivity index (χ0n) is 10.9. The summed E-state index contributed by atoms with van der Waals surface area (Å²) in [5.41, 5.74) is 1.67. The second-order valence-corrected chi connectivity index (χ2v) is 5.79. The molecule has 3 nitrogen and oxygen atoms in total. The predicted molar refractivity (Wildman–Crippen MR) is 84.5 cm³/mol. The van der Waals surface area contributed by atoms with Gasteiger partial charge in [-0.1, -0.05) is 18.2 Å². The fourth-order valence-electron chi connectivity index (χ4n) is 2.34. The molecule has 1 aliphatic heterocycles. The number of ketones is 1. The molecule has 102 valence electrons. The molecule has 0 aliphatic carbocycles. The van der Waals surface area contributed by atoms with Gasteiger partial charge in [0.15, 0.2) is 5.78 Å². The lowest BCUT2D eigenvalue weighted by Crippen LogP contribution is -2.20. The Kier molecular flexibility index (Phi) is 3.65. The van der Waals surface area contributed by atoms with Crippen LogP contribution in [0.2, 0.25) is 0 Å². The number of hydrogen-bond donors (Lipinski definition) is 0. The molecule has 0 bridgehead atoms. The Morgan fingerprint density at radius 1 is 1.25 bits per heavy atom. The highest BCUT2D eigenvalue weighted by Gasteiger charge is 2.27. The van der Waals surface area contributed by atoms with Crippen molar-refractivity contribution < 1.29 is 14.3 Å². The maximum Gasteiger partial charge on any atom is 0.170 e. The standard InChI is InChI=1S/C16H13IO3/c1-19-15-7-6-10(8-12(15)17)16-9-13(18)11-4-2-3-5-14(11)20-16/h2-8,16H,9H2,1H3. The summed E-state index contributed by atoms with van der Waals surface area (Å²) < 4.78 is 12.2. The highest BCUT2D eigenvalue weighted by atomic mass is 127. The van der Waals surface area contributed by atoms with Gasteiger partial charge in [0.2, 0.25) is 0 Å². The van der Waals surface area contributed by atoms with Gasteiger partial charge >= 0.3 is 0 Å². The number of benzene rings is 2. The number of carbonyl (C=O) groups is 1. The molecule has 0 spiro atoms. The van der Waals surface area contributed by atoms with E-state index in [0.29, 0.717) is 17.7 Å². The number of rotatable bonds is 2. The molecule has 20 heavy (non-hydrogen) atoms. The van der Waals surface area contributed by atoms with Gasteiger partial charge < -0.3 is 9.47 Å². The third-order valence-corrected chi connectivity index (χ3v) is 4.22. The van der Waals surface area contributed by atoms with Gasteiger partial charge in [-0.05, 0) is 52.4 Å². The fraction of sp³-hybridized carbons (Fsp3) is 0.188. The molecular weight excluding hydrogens is 367 g/mol. The number of para-hydroxylation sites is 1. The van der Waals surface area contributed by atoms with Crippen LogP contribution in [-0.4, -0.2) is 12.9 Å². The van der Waals surface area contributed by atoms with Crippen molar-refractivity contribution in [2.75, 3.05) is 7.11 Å². The molecule has 0 saturated heterocycles. The molecule has 0 aromatic heterocycles. The van der Waals surface area contributed by atoms with E-state index < -0.39 is 0 Å². The van der Waals surface area contributed by atoms with Crippen molar-refractivity contribution in [3.05, 3.63) is 57.2 Å². The minimum Gasteiger partial charge on any atom is -0.496 e. The molecule has 1 heterocycles. The van der Waals surface area contributed by atoms with Crippen LogP contribution >= 0.6 is 22.6 Å². The Morgan fingerprint density at radius 3 is 2.80 bits per heavy atom. The molecule has 0 saturated carbocycles. The van der Waals surface area contributed by atoms with E-state index in [4.69, 9.17) is 9.47 Å². The molecule has 1 atom stereocenters. The second kappa shape index (κ2) is 5.44. The van der Waals surface area contributed by atoms with Crippen molar-refractivity contribution in [3.8, 4) is 11.5 Å². The smallest absolute Gasteiger partial charge is 0.170 e. The first-order valence-corrected chi connectivity index (χ1v) is 7.39. The van der Waals surface area contributed by atoms with Crippen LogP contribution in [0.1, 0.15) is 28.4 Å². The van der Waals surface area contributed by atoms with E-state index in [1.807, 2.05) is 42.5 Å². The van der Waals surface area contributed by atoms with Gasteiger partial charge in [-0.3, -0.25) is 4.79 Å². The summed E-state index contributed by atoms with van der Waals surface area (Å²) in [6, 6.07) is 13.3. The first kappa shape index (κ1) is 13.4. The Morgan fingerprint density at radius 2 is 2.05 bits per heavy atom. The number of fused-ring (bicyclic) bond motifs is 1. The fourth-order valence-corrected chi connectivity index (χ4v) is 3.10. The first-order chi connectivity index (χ1) is 9.69. The molecule has 0 N–H and O–H groups in total. The number of halogens is 1. The number of hydrogen-bond acceptors (Lipinski definition) is 3. The molecule has 0 fully saturated rings. The molecule has 2 aromatic rings. The zero-order valence-corrected chi connectivity index (χ0v) is 13.1. The summed E-state index contributed by atoms with van der Waals surface area (Å²) in [7, 11) is 1.65. The van der Waals surface area contributed by atoms with Gasteiger partial charge in [-0.15, -0.1) is 0 Å². The Balaban J connectivity index is 1.94. The summed E-state index contributed by atoms with van der Waals surface area (Å²) in [5, 5.41) is 0. The topological polar surface area (TPSA) is 35.5 Å². The Bertz CT molecular complexity index is 667. The van der Waals surface area contributed by atoms with E-state index in [9.17, 15) is 4.79 Å². The number of Topliss-reactive ketones (excluding diaryl/α,β-unsaturated/α-hetero) is 1. The number of ether oxygens (including phenoxy) is 2. The molecule has 2 aromatic carbocycles. The van der Waals surface area contributed by atoms with Gasteiger partial charge in [0.05, 0.1) is 22.7 Å². The van der Waals surface area contributed by atoms with Gasteiger partial charge in [-0.25, -0.2) is 0 Å². The molecule has 0 radical (unpaired) electrons. The van der Waals surface area contributed by atoms with Crippen LogP contribution < -0.4 is 9.47 Å². The van der Waals surface area contributed by atoms with Gasteiger partial charge in [-0.2, -0.15) is 0 Å². The molecular formula is C16H13IO3. The van der Waals surface area contributed by atoms with Crippen LogP contribution in [0, 0.1) is 3.57 Å². The molecule has 1 aliphatic rings. The first-order valence-electron chi connectivity index (χ1n) is 6.31. The van der Waals surface area contributed by atoms with E-state index in [2.05, 4.69) is 22.6 Å². The van der Waals surface area contributed by atoms with Crippen molar-refractivity contribution >= 4 is 28.4 Å². The van der Waals surface area contributed by atoms with Crippen LogP contribution in [0.4, 0.5) is 0 Å². The van der Waals surface area contributed by atoms with Crippen molar-refractivity contribution in [2.45, 2.75) is 12.5 Å². The van der Waals surface area contributed by atoms with Crippen LogP contribution in [0.15, 0.2) is 42.5 Å². The van der Waals surface area contributed by atoms with Gasteiger partial charge in [0.25, 0.3) is 0 Å². The number of carbonyl (C=O) groups excluding carboxylic acids is 1. The summed E-state index contributed by atoms with van der Waals surface area (Å²) in [6.45, 7) is 0. The SMILES string of the molecule is COc1ccc(C2CC(=O)c3ccccc3O2)cc1I. The Hall–Kier alpha value is -1.56. The van der Waals surface area contributed by atoms with E-state index in [1.54, 1.807) is 7.11 Å². The predicted octanol–water partition coefficient (Wildman–Crippen LogP) is 4.01. The lowest BCUT2D eigenvalue weighted by Gasteiger charge is -2.25. The normalized spacial score (nSPS) is 17.3. The van der Waals surface area contributed by atoms with Crippen molar-refractivity contribution in [1.82, 2.24) is 0 Å². The average molecular weight is 380 g/mol. The average Bonchev–Trinajstić information content (AvgIpc) is 2.47. The molecule has 0 amide bonds.